The molecule has 8 heteroatoms. The molecule has 0 fully saturated rings. The number of nitrogens with one attached hydrogen (secondary N) is 1. The summed E-state index contributed by atoms with van der Waals surface area (Å²) in [5.74, 6) is 1.38. The number of hydrogen-bond acceptors (Lipinski definition) is 4. The lowest BCUT2D eigenvalue weighted by molar-refractivity contribution is 0.613. The number of aromatic amines is 1. The Morgan fingerprint density at radius 1 is 1.15 bits per heavy atom. The standard InChI is InChI=1S/C18H21ClN4O2S/c1-3-5-10-23-16-15(17(24)21-18(23)25)22(4-2)14(20-16)11-26-13-8-6-12(19)7-9-13/h6-9H,3-5,10-11H2,1-2H3,(H,21,24,25). The van der Waals surface area contributed by atoms with Gasteiger partial charge >= 0.3 is 5.69 Å². The van der Waals surface area contributed by atoms with Crippen molar-refractivity contribution >= 4 is 34.5 Å². The molecular formula is C18H21ClN4O2S. The van der Waals surface area contributed by atoms with E-state index in [0.29, 0.717) is 35.0 Å². The van der Waals surface area contributed by atoms with Crippen molar-refractivity contribution in [2.45, 2.75) is 50.4 Å². The van der Waals surface area contributed by atoms with Crippen LogP contribution >= 0.6 is 23.4 Å². The first kappa shape index (κ1) is 18.8. The van der Waals surface area contributed by atoms with Gasteiger partial charge in [-0.3, -0.25) is 14.3 Å². The zero-order valence-electron chi connectivity index (χ0n) is 14.8. The summed E-state index contributed by atoms with van der Waals surface area (Å²) in [4.78, 5) is 32.7. The molecule has 0 unspecified atom stereocenters. The summed E-state index contributed by atoms with van der Waals surface area (Å²) in [5.41, 5.74) is 0.166. The third kappa shape index (κ3) is 3.73. The highest BCUT2D eigenvalue weighted by atomic mass is 35.5. The Bertz CT molecular complexity index is 1020. The highest BCUT2D eigenvalue weighted by Crippen LogP contribution is 2.25. The van der Waals surface area contributed by atoms with E-state index < -0.39 is 5.69 Å². The van der Waals surface area contributed by atoms with E-state index in [9.17, 15) is 9.59 Å². The highest BCUT2D eigenvalue weighted by molar-refractivity contribution is 7.98. The summed E-state index contributed by atoms with van der Waals surface area (Å²) in [6, 6.07) is 7.60. The molecule has 0 aliphatic carbocycles. The van der Waals surface area contributed by atoms with Gasteiger partial charge in [-0.1, -0.05) is 24.9 Å². The molecule has 0 amide bonds. The predicted octanol–water partition coefficient (Wildman–Crippen LogP) is 3.65. The second-order valence-corrected chi connectivity index (χ2v) is 7.44. The van der Waals surface area contributed by atoms with E-state index in [2.05, 4.69) is 16.9 Å². The van der Waals surface area contributed by atoms with E-state index in [0.717, 1.165) is 23.6 Å². The lowest BCUT2D eigenvalue weighted by Crippen LogP contribution is -2.31. The van der Waals surface area contributed by atoms with E-state index in [4.69, 9.17) is 11.6 Å². The number of imidazole rings is 1. The number of benzene rings is 1. The van der Waals surface area contributed by atoms with Gasteiger partial charge in [0, 0.05) is 23.0 Å². The summed E-state index contributed by atoms with van der Waals surface area (Å²) < 4.78 is 3.46. The second-order valence-electron chi connectivity index (χ2n) is 5.95. The van der Waals surface area contributed by atoms with Crippen LogP contribution in [0.1, 0.15) is 32.5 Å². The molecule has 0 aliphatic heterocycles. The van der Waals surface area contributed by atoms with E-state index in [-0.39, 0.29) is 5.56 Å². The fourth-order valence-electron chi connectivity index (χ4n) is 2.87. The van der Waals surface area contributed by atoms with Crippen molar-refractivity contribution < 1.29 is 0 Å². The first-order valence-electron chi connectivity index (χ1n) is 8.65. The van der Waals surface area contributed by atoms with Crippen LogP contribution in [-0.2, 0) is 18.8 Å². The second kappa shape index (κ2) is 8.14. The number of halogens is 1. The Balaban J connectivity index is 2.02. The molecule has 2 heterocycles. The maximum absolute atomic E-state index is 12.4. The van der Waals surface area contributed by atoms with Crippen molar-refractivity contribution in [1.29, 1.82) is 0 Å². The van der Waals surface area contributed by atoms with Gasteiger partial charge in [0.25, 0.3) is 5.56 Å². The van der Waals surface area contributed by atoms with Crippen LogP contribution < -0.4 is 11.2 Å². The molecule has 6 nitrogen and oxygen atoms in total. The summed E-state index contributed by atoms with van der Waals surface area (Å²) in [7, 11) is 0. The average molecular weight is 393 g/mol. The Morgan fingerprint density at radius 3 is 2.54 bits per heavy atom. The molecule has 0 aliphatic rings. The normalized spacial score (nSPS) is 11.3. The van der Waals surface area contributed by atoms with Gasteiger partial charge in [-0.2, -0.15) is 0 Å². The monoisotopic (exact) mass is 392 g/mol. The number of fused-ring (bicyclic) bond motifs is 1. The lowest BCUT2D eigenvalue weighted by Gasteiger charge is -2.06. The van der Waals surface area contributed by atoms with Crippen molar-refractivity contribution in [3.05, 3.63) is 56.0 Å². The van der Waals surface area contributed by atoms with Crippen molar-refractivity contribution in [2.24, 2.45) is 0 Å². The molecule has 3 rings (SSSR count). The Kier molecular flexibility index (Phi) is 5.88. The maximum atomic E-state index is 12.4. The number of hydrogen-bond donors (Lipinski definition) is 1. The van der Waals surface area contributed by atoms with Crippen LogP contribution in [0.5, 0.6) is 0 Å². The number of H-pyrrole nitrogens is 1. The molecular weight excluding hydrogens is 372 g/mol. The number of aromatic nitrogens is 4. The zero-order chi connectivity index (χ0) is 18.7. The third-order valence-electron chi connectivity index (χ3n) is 4.20. The molecule has 138 valence electrons. The van der Waals surface area contributed by atoms with Crippen LogP contribution in [0.2, 0.25) is 5.02 Å². The van der Waals surface area contributed by atoms with Crippen LogP contribution in [0.3, 0.4) is 0 Å². The van der Waals surface area contributed by atoms with Gasteiger partial charge < -0.3 is 4.57 Å². The largest absolute Gasteiger partial charge is 0.330 e. The number of nitrogens with zero attached hydrogens (tertiary/aromatic N) is 3. The van der Waals surface area contributed by atoms with Crippen molar-refractivity contribution in [3.8, 4) is 0 Å². The minimum Gasteiger partial charge on any atom is -0.322 e. The number of rotatable bonds is 7. The fourth-order valence-corrected chi connectivity index (χ4v) is 3.84. The third-order valence-corrected chi connectivity index (χ3v) is 5.46. The molecule has 0 bridgehead atoms. The van der Waals surface area contributed by atoms with Gasteiger partial charge in [-0.15, -0.1) is 11.8 Å². The van der Waals surface area contributed by atoms with E-state index >= 15 is 0 Å². The molecule has 0 saturated heterocycles. The summed E-state index contributed by atoms with van der Waals surface area (Å²) in [5, 5.41) is 0.696. The summed E-state index contributed by atoms with van der Waals surface area (Å²) >= 11 is 7.54. The maximum Gasteiger partial charge on any atom is 0.330 e. The molecule has 0 saturated carbocycles. The molecule has 1 aromatic carbocycles. The van der Waals surface area contributed by atoms with Gasteiger partial charge in [0.05, 0.1) is 5.75 Å². The smallest absolute Gasteiger partial charge is 0.322 e. The first-order chi connectivity index (χ1) is 12.5. The Morgan fingerprint density at radius 2 is 1.88 bits per heavy atom. The molecule has 2 aromatic heterocycles. The quantitative estimate of drug-likeness (QED) is 0.623. The van der Waals surface area contributed by atoms with E-state index in [1.165, 1.54) is 0 Å². The SMILES string of the molecule is CCCCn1c(=O)[nH]c(=O)c2c1nc(CSc1ccc(Cl)cc1)n2CC. The van der Waals surface area contributed by atoms with Crippen molar-refractivity contribution in [1.82, 2.24) is 19.1 Å². The Labute approximate surface area is 160 Å². The number of aryl methyl sites for hydroxylation is 2. The average Bonchev–Trinajstić information content (AvgIpc) is 3.00. The van der Waals surface area contributed by atoms with Crippen LogP contribution in [-0.4, -0.2) is 19.1 Å². The van der Waals surface area contributed by atoms with Gasteiger partial charge in [-0.05, 0) is 37.6 Å². The Hall–Kier alpha value is -1.99. The van der Waals surface area contributed by atoms with Crippen LogP contribution in [0.15, 0.2) is 38.8 Å². The molecule has 0 atom stereocenters. The number of thioether (sulfide) groups is 1. The lowest BCUT2D eigenvalue weighted by atomic mass is 10.3. The van der Waals surface area contributed by atoms with Crippen LogP contribution in [0, 0.1) is 0 Å². The van der Waals surface area contributed by atoms with Gasteiger partial charge in [0.2, 0.25) is 0 Å². The van der Waals surface area contributed by atoms with Gasteiger partial charge in [0.15, 0.2) is 11.2 Å². The molecule has 0 spiro atoms. The minimum atomic E-state index is -0.395. The molecule has 3 aromatic rings. The van der Waals surface area contributed by atoms with Gasteiger partial charge in [0.1, 0.15) is 5.82 Å². The summed E-state index contributed by atoms with van der Waals surface area (Å²) in [6.07, 6.45) is 1.82. The molecule has 1 N–H and O–H groups in total. The zero-order valence-corrected chi connectivity index (χ0v) is 16.4. The van der Waals surface area contributed by atoms with Crippen molar-refractivity contribution in [2.75, 3.05) is 0 Å². The fraction of sp³-hybridized carbons (Fsp3) is 0.389. The predicted molar refractivity (Wildman–Crippen MR) is 106 cm³/mol. The van der Waals surface area contributed by atoms with Crippen molar-refractivity contribution in [3.63, 3.8) is 0 Å². The van der Waals surface area contributed by atoms with Gasteiger partial charge in [-0.25, -0.2) is 9.78 Å². The topological polar surface area (TPSA) is 72.7 Å². The van der Waals surface area contributed by atoms with E-state index in [1.807, 2.05) is 35.8 Å². The first-order valence-corrected chi connectivity index (χ1v) is 10.0. The van der Waals surface area contributed by atoms with Crippen LogP contribution in [0.4, 0.5) is 0 Å². The van der Waals surface area contributed by atoms with E-state index in [1.54, 1.807) is 16.3 Å². The number of unbranched alkanes of at least 4 members (excludes halogenated alkanes) is 1. The molecule has 0 radical (unpaired) electrons. The van der Waals surface area contributed by atoms with Crippen LogP contribution in [0.25, 0.3) is 11.2 Å². The highest BCUT2D eigenvalue weighted by Gasteiger charge is 2.17. The summed E-state index contributed by atoms with van der Waals surface area (Å²) in [6.45, 7) is 5.19. The molecule has 26 heavy (non-hydrogen) atoms. The minimum absolute atomic E-state index is 0.380.